The third-order valence-corrected chi connectivity index (χ3v) is 11.3. The van der Waals surface area contributed by atoms with Crippen LogP contribution >= 0.6 is 11.8 Å². The summed E-state index contributed by atoms with van der Waals surface area (Å²) in [5.41, 5.74) is -0.0271. The highest BCUT2D eigenvalue weighted by Gasteiger charge is 2.43. The summed E-state index contributed by atoms with van der Waals surface area (Å²) in [7, 11) is -2.14. The zero-order valence-corrected chi connectivity index (χ0v) is 22.7. The van der Waals surface area contributed by atoms with Gasteiger partial charge in [0.25, 0.3) is 5.56 Å². The number of aromatic amines is 1. The molecule has 10 nitrogen and oxygen atoms in total. The number of imidazole rings is 1. The van der Waals surface area contributed by atoms with Crippen molar-refractivity contribution in [2.75, 3.05) is 5.32 Å². The summed E-state index contributed by atoms with van der Waals surface area (Å²) in [6.07, 6.45) is 1.07. The number of hydrogen-bond acceptors (Lipinski definition) is 8. The molecule has 0 radical (unpaired) electrons. The molecule has 1 saturated heterocycles. The zero-order chi connectivity index (χ0) is 25.4. The van der Waals surface area contributed by atoms with Crippen molar-refractivity contribution in [1.29, 1.82) is 0 Å². The quantitative estimate of drug-likeness (QED) is 0.558. The summed E-state index contributed by atoms with van der Waals surface area (Å²) in [5, 5.41) is 4.24. The van der Waals surface area contributed by atoms with E-state index in [9.17, 15) is 14.4 Å². The van der Waals surface area contributed by atoms with Gasteiger partial charge < -0.3 is 9.16 Å². The topological polar surface area (TPSA) is 128 Å². The first kappa shape index (κ1) is 26.2. The van der Waals surface area contributed by atoms with Gasteiger partial charge in [0.05, 0.1) is 0 Å². The number of thioether (sulfide) groups is 1. The van der Waals surface area contributed by atoms with Crippen LogP contribution in [0.4, 0.5) is 5.95 Å². The monoisotopic (exact) mass is 507 g/mol. The van der Waals surface area contributed by atoms with Crippen molar-refractivity contribution in [1.82, 2.24) is 19.5 Å². The highest BCUT2D eigenvalue weighted by molar-refractivity contribution is 8.16. The molecule has 34 heavy (non-hydrogen) atoms. The summed E-state index contributed by atoms with van der Waals surface area (Å²) in [5.74, 6) is 0.0757. The van der Waals surface area contributed by atoms with E-state index < -0.39 is 20.1 Å². The third-order valence-electron chi connectivity index (χ3n) is 6.10. The number of anilines is 1. The number of nitrogens with one attached hydrogen (secondary N) is 2. The third kappa shape index (κ3) is 5.61. The van der Waals surface area contributed by atoms with E-state index in [0.29, 0.717) is 17.8 Å². The molecule has 1 aliphatic rings. The summed E-state index contributed by atoms with van der Waals surface area (Å²) in [6.45, 7) is 15.8. The molecule has 0 aliphatic carbocycles. The molecule has 0 aromatic carbocycles. The number of carbonyl (C=O) groups is 2. The van der Waals surface area contributed by atoms with Crippen molar-refractivity contribution < 1.29 is 18.8 Å². The average molecular weight is 508 g/mol. The predicted octanol–water partition coefficient (Wildman–Crippen LogP) is 4.14. The van der Waals surface area contributed by atoms with E-state index in [0.717, 1.165) is 11.8 Å². The van der Waals surface area contributed by atoms with Crippen LogP contribution in [0.3, 0.4) is 0 Å². The van der Waals surface area contributed by atoms with Crippen LogP contribution in [0.15, 0.2) is 22.3 Å². The molecule has 2 atom stereocenters. The van der Waals surface area contributed by atoms with Gasteiger partial charge in [-0.25, -0.2) is 4.98 Å². The van der Waals surface area contributed by atoms with E-state index in [1.165, 1.54) is 13.3 Å². The average Bonchev–Trinajstić information content (AvgIpc) is 3.29. The minimum absolute atomic E-state index is 0.00993. The fourth-order valence-electron chi connectivity index (χ4n) is 3.09. The van der Waals surface area contributed by atoms with Crippen LogP contribution in [-0.2, 0) is 18.8 Å². The SMILES string of the molecule is CC(=O)SC=C1O[C@@H](n2cnc3c(=O)[nH]c(NC(=O)C(C)C)nc32)C[C@@H]1O[Si](C)(C)C(C)(C)C. The number of rotatable bonds is 6. The molecular weight excluding hydrogens is 474 g/mol. The Balaban J connectivity index is 1.97. The van der Waals surface area contributed by atoms with Crippen LogP contribution in [-0.4, -0.2) is 45.0 Å². The second-order valence-corrected chi connectivity index (χ2v) is 16.0. The number of ether oxygens (including phenoxy) is 1. The second kappa shape index (κ2) is 9.66. The van der Waals surface area contributed by atoms with Crippen molar-refractivity contribution in [2.24, 2.45) is 5.92 Å². The van der Waals surface area contributed by atoms with Crippen molar-refractivity contribution in [2.45, 2.75) is 78.4 Å². The van der Waals surface area contributed by atoms with Crippen molar-refractivity contribution in [3.63, 3.8) is 0 Å². The molecule has 186 valence electrons. The van der Waals surface area contributed by atoms with Gasteiger partial charge in [-0.3, -0.25) is 29.3 Å². The molecule has 2 aromatic heterocycles. The fraction of sp³-hybridized carbons (Fsp3) is 0.591. The first-order valence-corrected chi connectivity index (χ1v) is 15.0. The number of nitrogens with zero attached hydrogens (tertiary/aromatic N) is 3. The number of aromatic nitrogens is 4. The van der Waals surface area contributed by atoms with Gasteiger partial charge in [-0.1, -0.05) is 46.4 Å². The molecule has 2 N–H and O–H groups in total. The van der Waals surface area contributed by atoms with Gasteiger partial charge in [0.2, 0.25) is 11.9 Å². The van der Waals surface area contributed by atoms with Gasteiger partial charge in [-0.15, -0.1) is 0 Å². The maximum atomic E-state index is 12.5. The second-order valence-electron chi connectivity index (χ2n) is 10.2. The Morgan fingerprint density at radius 1 is 1.38 bits per heavy atom. The highest BCUT2D eigenvalue weighted by atomic mass is 32.2. The molecule has 0 unspecified atom stereocenters. The maximum absolute atomic E-state index is 12.5. The van der Waals surface area contributed by atoms with Crippen molar-refractivity contribution >= 4 is 48.2 Å². The van der Waals surface area contributed by atoms with Gasteiger partial charge in [0, 0.05) is 24.7 Å². The van der Waals surface area contributed by atoms with Crippen LogP contribution < -0.4 is 10.9 Å². The van der Waals surface area contributed by atoms with Crippen LogP contribution in [0.5, 0.6) is 0 Å². The van der Waals surface area contributed by atoms with Crippen LogP contribution in [0.25, 0.3) is 11.2 Å². The number of carbonyl (C=O) groups excluding carboxylic acids is 2. The number of fused-ring (bicyclic) bond motifs is 1. The van der Waals surface area contributed by atoms with E-state index in [-0.39, 0.29) is 39.5 Å². The van der Waals surface area contributed by atoms with E-state index in [4.69, 9.17) is 9.16 Å². The Hall–Kier alpha value is -2.44. The van der Waals surface area contributed by atoms with E-state index in [2.05, 4.69) is 54.1 Å². The van der Waals surface area contributed by atoms with E-state index >= 15 is 0 Å². The standard InChI is InChI=1S/C22H33N5O5SSi/c1-12(2)19(29)25-21-24-18-17(20(30)26-21)23-11-27(18)16-9-14(15(31-16)10-33-13(3)28)32-34(7,8)22(4,5)6/h10-12,14,16H,9H2,1-8H3,(H2,24,25,26,29,30)/t14-,16+/m0/s1. The van der Waals surface area contributed by atoms with Gasteiger partial charge in [0.1, 0.15) is 18.2 Å². The Labute approximate surface area is 204 Å². The lowest BCUT2D eigenvalue weighted by Crippen LogP contribution is -2.43. The molecule has 12 heteroatoms. The van der Waals surface area contributed by atoms with E-state index in [1.807, 2.05) is 0 Å². The first-order valence-electron chi connectivity index (χ1n) is 11.2. The molecule has 3 rings (SSSR count). The highest BCUT2D eigenvalue weighted by Crippen LogP contribution is 2.43. The Morgan fingerprint density at radius 3 is 2.65 bits per heavy atom. The lowest BCUT2D eigenvalue weighted by Gasteiger charge is -2.38. The smallest absolute Gasteiger partial charge is 0.280 e. The Morgan fingerprint density at radius 2 is 2.06 bits per heavy atom. The summed E-state index contributed by atoms with van der Waals surface area (Å²) < 4.78 is 14.5. The zero-order valence-electron chi connectivity index (χ0n) is 20.9. The van der Waals surface area contributed by atoms with Crippen LogP contribution in [0.1, 0.15) is 54.2 Å². The molecular formula is C22H33N5O5SSi. The van der Waals surface area contributed by atoms with Gasteiger partial charge in [0.15, 0.2) is 30.8 Å². The van der Waals surface area contributed by atoms with Gasteiger partial charge in [-0.05, 0) is 18.1 Å². The minimum Gasteiger partial charge on any atom is -0.471 e. The number of hydrogen-bond donors (Lipinski definition) is 2. The Bertz CT molecular complexity index is 1180. The van der Waals surface area contributed by atoms with Crippen LogP contribution in [0, 0.1) is 5.92 Å². The number of H-pyrrole nitrogens is 1. The lowest BCUT2D eigenvalue weighted by atomic mass is 10.2. The van der Waals surface area contributed by atoms with E-state index in [1.54, 1.807) is 23.8 Å². The minimum atomic E-state index is -2.14. The van der Waals surface area contributed by atoms with Gasteiger partial charge in [-0.2, -0.15) is 4.98 Å². The van der Waals surface area contributed by atoms with Crippen LogP contribution in [0.2, 0.25) is 18.1 Å². The molecule has 0 saturated carbocycles. The largest absolute Gasteiger partial charge is 0.471 e. The first-order chi connectivity index (χ1) is 15.7. The lowest BCUT2D eigenvalue weighted by molar-refractivity contribution is -0.119. The summed E-state index contributed by atoms with van der Waals surface area (Å²) in [4.78, 5) is 47.4. The predicted molar refractivity (Wildman–Crippen MR) is 135 cm³/mol. The molecule has 1 amide bonds. The Kier molecular flexibility index (Phi) is 7.44. The molecule has 1 fully saturated rings. The molecule has 0 bridgehead atoms. The fourth-order valence-corrected chi connectivity index (χ4v) is 4.86. The van der Waals surface area contributed by atoms with Gasteiger partial charge >= 0.3 is 0 Å². The summed E-state index contributed by atoms with van der Waals surface area (Å²) in [6, 6.07) is 0. The molecule has 1 aliphatic heterocycles. The van der Waals surface area contributed by atoms with Crippen molar-refractivity contribution in [3.05, 3.63) is 27.8 Å². The van der Waals surface area contributed by atoms with Crippen molar-refractivity contribution in [3.8, 4) is 0 Å². The number of amides is 1. The molecule has 0 spiro atoms. The summed E-state index contributed by atoms with van der Waals surface area (Å²) >= 11 is 1.05. The maximum Gasteiger partial charge on any atom is 0.280 e. The normalized spacial score (nSPS) is 20.2. The molecule has 3 heterocycles. The molecule has 2 aromatic rings.